The number of benzene rings is 1. The van der Waals surface area contributed by atoms with Gasteiger partial charge in [-0.3, -0.25) is 4.79 Å². The summed E-state index contributed by atoms with van der Waals surface area (Å²) in [6, 6.07) is 5.86. The number of halogens is 1. The van der Waals surface area contributed by atoms with Crippen LogP contribution in [0.5, 0.6) is 0 Å². The predicted molar refractivity (Wildman–Crippen MR) is 70.9 cm³/mol. The fourth-order valence-corrected chi connectivity index (χ4v) is 1.58. The third kappa shape index (κ3) is 2.84. The first kappa shape index (κ1) is 12.5. The highest BCUT2D eigenvalue weighted by Crippen LogP contribution is 2.17. The van der Waals surface area contributed by atoms with Gasteiger partial charge in [0, 0.05) is 5.69 Å². The average molecular weight is 262 g/mol. The number of carbonyl (C=O) groups excluding carboxylic acids is 1. The van der Waals surface area contributed by atoms with Crippen molar-refractivity contribution in [2.45, 2.75) is 13.8 Å². The minimum absolute atomic E-state index is 0.236. The topological polar surface area (TPSA) is 54.9 Å². The Hall–Kier alpha value is -1.94. The molecule has 0 saturated carbocycles. The molecule has 4 nitrogen and oxygen atoms in total. The third-order valence-corrected chi connectivity index (χ3v) is 2.69. The van der Waals surface area contributed by atoms with Crippen LogP contribution in [0.15, 0.2) is 30.6 Å². The van der Waals surface area contributed by atoms with Crippen molar-refractivity contribution in [3.63, 3.8) is 0 Å². The summed E-state index contributed by atoms with van der Waals surface area (Å²) in [4.78, 5) is 19.7. The molecule has 1 aromatic heterocycles. The molecular formula is C13H12ClN3O. The Morgan fingerprint density at radius 3 is 2.67 bits per heavy atom. The van der Waals surface area contributed by atoms with Crippen LogP contribution in [0.3, 0.4) is 0 Å². The Kier molecular flexibility index (Phi) is 3.58. The van der Waals surface area contributed by atoms with E-state index in [0.717, 1.165) is 16.8 Å². The highest BCUT2D eigenvalue weighted by atomic mass is 35.5. The lowest BCUT2D eigenvalue weighted by Gasteiger charge is -2.08. The van der Waals surface area contributed by atoms with E-state index in [-0.39, 0.29) is 16.8 Å². The van der Waals surface area contributed by atoms with Crippen molar-refractivity contribution in [3.8, 4) is 0 Å². The number of nitrogens with one attached hydrogen (secondary N) is 1. The number of carbonyl (C=O) groups is 1. The number of aryl methyl sites for hydroxylation is 2. The van der Waals surface area contributed by atoms with Crippen LogP contribution in [0, 0.1) is 13.8 Å². The summed E-state index contributed by atoms with van der Waals surface area (Å²) in [5.41, 5.74) is 3.09. The molecule has 0 spiro atoms. The van der Waals surface area contributed by atoms with Gasteiger partial charge in [-0.25, -0.2) is 9.97 Å². The number of rotatable bonds is 2. The second-order valence-corrected chi connectivity index (χ2v) is 4.38. The van der Waals surface area contributed by atoms with Gasteiger partial charge in [-0.05, 0) is 31.0 Å². The molecule has 92 valence electrons. The largest absolute Gasteiger partial charge is 0.320 e. The quantitative estimate of drug-likeness (QED) is 0.904. The van der Waals surface area contributed by atoms with E-state index in [0.29, 0.717) is 0 Å². The van der Waals surface area contributed by atoms with Gasteiger partial charge in [-0.15, -0.1) is 0 Å². The van der Waals surface area contributed by atoms with Crippen molar-refractivity contribution < 1.29 is 4.79 Å². The zero-order valence-corrected chi connectivity index (χ0v) is 10.8. The number of hydrogen-bond donors (Lipinski definition) is 1. The van der Waals surface area contributed by atoms with Crippen molar-refractivity contribution >= 4 is 23.2 Å². The summed E-state index contributed by atoms with van der Waals surface area (Å²) < 4.78 is 0. The van der Waals surface area contributed by atoms with Gasteiger partial charge in [-0.1, -0.05) is 23.7 Å². The molecular weight excluding hydrogens is 250 g/mol. The van der Waals surface area contributed by atoms with Gasteiger partial charge in [-0.2, -0.15) is 0 Å². The molecule has 2 aromatic rings. The number of aromatic nitrogens is 2. The van der Waals surface area contributed by atoms with Gasteiger partial charge in [0.05, 0.1) is 12.4 Å². The van der Waals surface area contributed by atoms with Crippen molar-refractivity contribution in [2.75, 3.05) is 5.32 Å². The predicted octanol–water partition coefficient (Wildman–Crippen LogP) is 3.00. The molecule has 0 bridgehead atoms. The second kappa shape index (κ2) is 5.14. The molecule has 1 heterocycles. The molecule has 5 heteroatoms. The first-order valence-electron chi connectivity index (χ1n) is 5.42. The van der Waals surface area contributed by atoms with Gasteiger partial charge >= 0.3 is 0 Å². The molecule has 1 amide bonds. The lowest BCUT2D eigenvalue weighted by Crippen LogP contribution is -2.14. The van der Waals surface area contributed by atoms with Gasteiger partial charge in [0.15, 0.2) is 0 Å². The summed E-state index contributed by atoms with van der Waals surface area (Å²) in [7, 11) is 0. The Bertz CT molecular complexity index is 581. The smallest absolute Gasteiger partial charge is 0.275 e. The maximum atomic E-state index is 11.9. The summed E-state index contributed by atoms with van der Waals surface area (Å²) >= 11 is 5.62. The Morgan fingerprint density at radius 2 is 2.00 bits per heavy atom. The SMILES string of the molecule is Cc1ccc(C)c(NC(=O)c2cnc(Cl)cn2)c1. The van der Waals surface area contributed by atoms with Crippen LogP contribution in [0.2, 0.25) is 5.15 Å². The minimum atomic E-state index is -0.298. The highest BCUT2D eigenvalue weighted by Gasteiger charge is 2.09. The van der Waals surface area contributed by atoms with E-state index in [1.54, 1.807) is 0 Å². The molecule has 1 N–H and O–H groups in total. The van der Waals surface area contributed by atoms with E-state index in [2.05, 4.69) is 15.3 Å². The zero-order valence-electron chi connectivity index (χ0n) is 10.1. The van der Waals surface area contributed by atoms with Crippen LogP contribution in [0.25, 0.3) is 0 Å². The molecule has 0 atom stereocenters. The molecule has 0 saturated heterocycles. The maximum Gasteiger partial charge on any atom is 0.275 e. The van der Waals surface area contributed by atoms with E-state index in [9.17, 15) is 4.79 Å². The monoisotopic (exact) mass is 261 g/mol. The minimum Gasteiger partial charge on any atom is -0.320 e. The van der Waals surface area contributed by atoms with Crippen molar-refractivity contribution in [3.05, 3.63) is 52.6 Å². The molecule has 0 aliphatic carbocycles. The molecule has 1 aromatic carbocycles. The lowest BCUT2D eigenvalue weighted by atomic mass is 10.1. The first-order chi connectivity index (χ1) is 8.56. The molecule has 0 aliphatic rings. The fraction of sp³-hybridized carbons (Fsp3) is 0.154. The average Bonchev–Trinajstić information content (AvgIpc) is 2.34. The van der Waals surface area contributed by atoms with E-state index in [4.69, 9.17) is 11.6 Å². The molecule has 0 fully saturated rings. The molecule has 0 radical (unpaired) electrons. The van der Waals surface area contributed by atoms with Crippen molar-refractivity contribution in [1.29, 1.82) is 0 Å². The first-order valence-corrected chi connectivity index (χ1v) is 5.80. The summed E-state index contributed by atoms with van der Waals surface area (Å²) in [6.45, 7) is 3.90. The van der Waals surface area contributed by atoms with Gasteiger partial charge in [0.1, 0.15) is 10.8 Å². The van der Waals surface area contributed by atoms with Gasteiger partial charge in [0.2, 0.25) is 0 Å². The molecule has 0 aliphatic heterocycles. The second-order valence-electron chi connectivity index (χ2n) is 4.00. The highest BCUT2D eigenvalue weighted by molar-refractivity contribution is 6.29. The van der Waals surface area contributed by atoms with Crippen LogP contribution >= 0.6 is 11.6 Å². The number of nitrogens with zero attached hydrogens (tertiary/aromatic N) is 2. The normalized spacial score (nSPS) is 10.2. The number of hydrogen-bond acceptors (Lipinski definition) is 3. The van der Waals surface area contributed by atoms with Crippen LogP contribution in [-0.4, -0.2) is 15.9 Å². The van der Waals surface area contributed by atoms with Crippen LogP contribution < -0.4 is 5.32 Å². The summed E-state index contributed by atoms with van der Waals surface area (Å²) in [5, 5.41) is 3.06. The van der Waals surface area contributed by atoms with Crippen LogP contribution in [0.1, 0.15) is 21.6 Å². The number of anilines is 1. The maximum absolute atomic E-state index is 11.9. The van der Waals surface area contributed by atoms with Gasteiger partial charge in [0.25, 0.3) is 5.91 Å². The Morgan fingerprint density at radius 1 is 1.22 bits per heavy atom. The molecule has 0 unspecified atom stereocenters. The molecule has 2 rings (SSSR count). The van der Waals surface area contributed by atoms with E-state index in [1.807, 2.05) is 32.0 Å². The summed E-state index contributed by atoms with van der Waals surface area (Å²) in [5.74, 6) is -0.298. The van der Waals surface area contributed by atoms with Crippen molar-refractivity contribution in [2.24, 2.45) is 0 Å². The Labute approximate surface area is 110 Å². The van der Waals surface area contributed by atoms with Gasteiger partial charge < -0.3 is 5.32 Å². The van der Waals surface area contributed by atoms with Crippen LogP contribution in [-0.2, 0) is 0 Å². The van der Waals surface area contributed by atoms with Crippen LogP contribution in [0.4, 0.5) is 5.69 Å². The van der Waals surface area contributed by atoms with E-state index in [1.165, 1.54) is 12.4 Å². The van der Waals surface area contributed by atoms with E-state index >= 15 is 0 Å². The molecule has 18 heavy (non-hydrogen) atoms. The van der Waals surface area contributed by atoms with Crippen molar-refractivity contribution in [1.82, 2.24) is 9.97 Å². The summed E-state index contributed by atoms with van der Waals surface area (Å²) in [6.07, 6.45) is 2.70. The lowest BCUT2D eigenvalue weighted by molar-refractivity contribution is 0.102. The number of amides is 1. The zero-order chi connectivity index (χ0) is 13.1. The Balaban J connectivity index is 2.21. The standard InChI is InChI=1S/C13H12ClN3O/c1-8-3-4-9(2)10(5-8)17-13(18)11-6-16-12(14)7-15-11/h3-7H,1-2H3,(H,17,18). The van der Waals surface area contributed by atoms with E-state index < -0.39 is 0 Å². The third-order valence-electron chi connectivity index (χ3n) is 2.49. The fourth-order valence-electron chi connectivity index (χ4n) is 1.49.